The van der Waals surface area contributed by atoms with E-state index in [0.29, 0.717) is 0 Å². The number of nitrogens with one attached hydrogen (secondary N) is 2. The molecule has 0 atom stereocenters. The Morgan fingerprint density at radius 1 is 1.00 bits per heavy atom. The minimum atomic E-state index is 0.806. The van der Waals surface area contributed by atoms with Crippen molar-refractivity contribution in [1.29, 1.82) is 0 Å². The predicted octanol–water partition coefficient (Wildman–Crippen LogP) is 3.14. The summed E-state index contributed by atoms with van der Waals surface area (Å²) in [6.45, 7) is 3.52. The minimum absolute atomic E-state index is 0.806. The average molecular weight is 294 g/mol. The number of morpholine rings is 1. The lowest BCUT2D eigenvalue weighted by molar-refractivity contribution is 0.122. The maximum absolute atomic E-state index is 5.39. The maximum Gasteiger partial charge on any atom is 0.139 e. The molecular formula is C17H18N4O. The number of fused-ring (bicyclic) bond motifs is 1. The first-order valence-electron chi connectivity index (χ1n) is 7.52. The van der Waals surface area contributed by atoms with Crippen LogP contribution in [0.5, 0.6) is 0 Å². The van der Waals surface area contributed by atoms with Gasteiger partial charge in [0.25, 0.3) is 0 Å². The Morgan fingerprint density at radius 2 is 1.82 bits per heavy atom. The molecule has 5 heteroatoms. The second-order valence-electron chi connectivity index (χ2n) is 5.38. The van der Waals surface area contributed by atoms with E-state index in [9.17, 15) is 0 Å². The topological polar surface area (TPSA) is 53.2 Å². The summed E-state index contributed by atoms with van der Waals surface area (Å²) in [5.74, 6) is 0.842. The fraction of sp³-hybridized carbons (Fsp3) is 0.235. The second kappa shape index (κ2) is 5.69. The molecule has 1 aliphatic rings. The Morgan fingerprint density at radius 3 is 2.64 bits per heavy atom. The van der Waals surface area contributed by atoms with Crippen LogP contribution in [0.3, 0.4) is 0 Å². The van der Waals surface area contributed by atoms with Crippen LogP contribution in [0.15, 0.2) is 48.7 Å². The van der Waals surface area contributed by atoms with Crippen molar-refractivity contribution in [1.82, 2.24) is 9.97 Å². The van der Waals surface area contributed by atoms with Crippen molar-refractivity contribution in [2.75, 3.05) is 36.5 Å². The molecular weight excluding hydrogens is 276 g/mol. The third-order valence-electron chi connectivity index (χ3n) is 3.93. The van der Waals surface area contributed by atoms with E-state index in [4.69, 9.17) is 4.74 Å². The summed E-state index contributed by atoms with van der Waals surface area (Å²) in [5, 5.41) is 4.46. The lowest BCUT2D eigenvalue weighted by atomic mass is 10.2. The molecule has 0 radical (unpaired) electrons. The monoisotopic (exact) mass is 294 g/mol. The summed E-state index contributed by atoms with van der Waals surface area (Å²) in [5.41, 5.74) is 3.17. The van der Waals surface area contributed by atoms with E-state index in [-0.39, 0.29) is 0 Å². The number of pyridine rings is 1. The first-order valence-corrected chi connectivity index (χ1v) is 7.52. The van der Waals surface area contributed by atoms with Crippen LogP contribution in [-0.2, 0) is 4.74 Å². The van der Waals surface area contributed by atoms with Crippen LogP contribution < -0.4 is 10.2 Å². The standard InChI is InChI=1S/C17H18N4O/c1-6-16(20-17-13(1)7-8-18-17)19-14-2-4-15(5-3-14)21-9-11-22-12-10-21/h1-8H,9-12H2,(H2,18,19,20). The number of aromatic amines is 1. The molecule has 1 aromatic carbocycles. The highest BCUT2D eigenvalue weighted by Gasteiger charge is 2.10. The van der Waals surface area contributed by atoms with E-state index < -0.39 is 0 Å². The normalized spacial score (nSPS) is 15.2. The van der Waals surface area contributed by atoms with Crippen LogP contribution >= 0.6 is 0 Å². The van der Waals surface area contributed by atoms with Crippen molar-refractivity contribution in [3.8, 4) is 0 Å². The highest BCUT2D eigenvalue weighted by Crippen LogP contribution is 2.22. The van der Waals surface area contributed by atoms with Gasteiger partial charge in [-0.2, -0.15) is 0 Å². The molecule has 1 fully saturated rings. The summed E-state index contributed by atoms with van der Waals surface area (Å²) in [7, 11) is 0. The zero-order valence-corrected chi connectivity index (χ0v) is 12.2. The number of benzene rings is 1. The van der Waals surface area contributed by atoms with Gasteiger partial charge in [-0.3, -0.25) is 0 Å². The van der Waals surface area contributed by atoms with Crippen molar-refractivity contribution in [3.63, 3.8) is 0 Å². The molecule has 0 spiro atoms. The van der Waals surface area contributed by atoms with Gasteiger partial charge in [0.1, 0.15) is 11.5 Å². The highest BCUT2D eigenvalue weighted by molar-refractivity contribution is 5.78. The molecule has 0 amide bonds. The van der Waals surface area contributed by atoms with Crippen molar-refractivity contribution in [2.24, 2.45) is 0 Å². The second-order valence-corrected chi connectivity index (χ2v) is 5.38. The number of ether oxygens (including phenoxy) is 1. The Labute approximate surface area is 128 Å². The molecule has 0 bridgehead atoms. The molecule has 3 heterocycles. The summed E-state index contributed by atoms with van der Waals surface area (Å²) < 4.78 is 5.39. The van der Waals surface area contributed by atoms with Gasteiger partial charge < -0.3 is 19.9 Å². The van der Waals surface area contributed by atoms with Gasteiger partial charge >= 0.3 is 0 Å². The first-order chi connectivity index (χ1) is 10.9. The fourth-order valence-electron chi connectivity index (χ4n) is 2.73. The van der Waals surface area contributed by atoms with Crippen molar-refractivity contribution < 1.29 is 4.74 Å². The zero-order chi connectivity index (χ0) is 14.8. The molecule has 112 valence electrons. The lowest BCUT2D eigenvalue weighted by Gasteiger charge is -2.28. The number of anilines is 3. The van der Waals surface area contributed by atoms with Crippen LogP contribution in [0.4, 0.5) is 17.2 Å². The third kappa shape index (κ3) is 2.63. The number of H-pyrrole nitrogens is 1. The SMILES string of the molecule is c1cc2ccc(Nc3ccc(N4CCOCC4)cc3)nc2[nH]1. The van der Waals surface area contributed by atoms with Crippen LogP contribution in [0, 0.1) is 0 Å². The van der Waals surface area contributed by atoms with E-state index in [1.807, 2.05) is 18.3 Å². The molecule has 2 N–H and O–H groups in total. The van der Waals surface area contributed by atoms with E-state index in [1.165, 1.54) is 5.69 Å². The van der Waals surface area contributed by atoms with Crippen molar-refractivity contribution in [2.45, 2.75) is 0 Å². The summed E-state index contributed by atoms with van der Waals surface area (Å²) in [4.78, 5) is 10.0. The molecule has 0 aliphatic carbocycles. The molecule has 0 saturated carbocycles. The Bertz CT molecular complexity index is 760. The van der Waals surface area contributed by atoms with Crippen LogP contribution in [-0.4, -0.2) is 36.3 Å². The Balaban J connectivity index is 1.50. The number of hydrogen-bond donors (Lipinski definition) is 2. The van der Waals surface area contributed by atoms with E-state index in [1.54, 1.807) is 0 Å². The maximum atomic E-state index is 5.39. The molecule has 0 unspecified atom stereocenters. The number of aromatic nitrogens is 2. The average Bonchev–Trinajstić information content (AvgIpc) is 3.04. The van der Waals surface area contributed by atoms with Gasteiger partial charge in [0.05, 0.1) is 13.2 Å². The third-order valence-corrected chi connectivity index (χ3v) is 3.93. The van der Waals surface area contributed by atoms with E-state index in [2.05, 4.69) is 50.5 Å². The smallest absolute Gasteiger partial charge is 0.139 e. The minimum Gasteiger partial charge on any atom is -0.378 e. The Hall–Kier alpha value is -2.53. The van der Waals surface area contributed by atoms with Gasteiger partial charge in [0.2, 0.25) is 0 Å². The molecule has 1 aliphatic heterocycles. The molecule has 22 heavy (non-hydrogen) atoms. The molecule has 5 nitrogen and oxygen atoms in total. The summed E-state index contributed by atoms with van der Waals surface area (Å²) >= 11 is 0. The predicted molar refractivity (Wildman–Crippen MR) is 88.9 cm³/mol. The largest absolute Gasteiger partial charge is 0.378 e. The molecule has 4 rings (SSSR count). The van der Waals surface area contributed by atoms with Crippen molar-refractivity contribution in [3.05, 3.63) is 48.7 Å². The first kappa shape index (κ1) is 13.2. The molecule has 2 aromatic heterocycles. The lowest BCUT2D eigenvalue weighted by Crippen LogP contribution is -2.36. The quantitative estimate of drug-likeness (QED) is 0.779. The highest BCUT2D eigenvalue weighted by atomic mass is 16.5. The van der Waals surface area contributed by atoms with Crippen LogP contribution in [0.25, 0.3) is 11.0 Å². The molecule has 1 saturated heterocycles. The number of hydrogen-bond acceptors (Lipinski definition) is 4. The van der Waals surface area contributed by atoms with Gasteiger partial charge in [0, 0.05) is 36.0 Å². The van der Waals surface area contributed by atoms with Gasteiger partial charge in [-0.1, -0.05) is 0 Å². The van der Waals surface area contributed by atoms with E-state index >= 15 is 0 Å². The van der Waals surface area contributed by atoms with Gasteiger partial charge in [0.15, 0.2) is 0 Å². The Kier molecular flexibility index (Phi) is 3.40. The van der Waals surface area contributed by atoms with Crippen LogP contribution in [0.1, 0.15) is 0 Å². The number of nitrogens with zero attached hydrogens (tertiary/aromatic N) is 2. The van der Waals surface area contributed by atoms with E-state index in [0.717, 1.165) is 48.8 Å². The fourth-order valence-corrected chi connectivity index (χ4v) is 2.73. The summed E-state index contributed by atoms with van der Waals surface area (Å²) in [6, 6.07) is 14.5. The van der Waals surface area contributed by atoms with Crippen molar-refractivity contribution >= 4 is 28.2 Å². The number of rotatable bonds is 3. The van der Waals surface area contributed by atoms with Gasteiger partial charge in [-0.25, -0.2) is 4.98 Å². The van der Waals surface area contributed by atoms with Gasteiger partial charge in [-0.15, -0.1) is 0 Å². The molecule has 3 aromatic rings. The summed E-state index contributed by atoms with van der Waals surface area (Å²) in [6.07, 6.45) is 1.90. The van der Waals surface area contributed by atoms with Gasteiger partial charge in [-0.05, 0) is 42.5 Å². The zero-order valence-electron chi connectivity index (χ0n) is 12.2. The van der Waals surface area contributed by atoms with Crippen LogP contribution in [0.2, 0.25) is 0 Å².